The third-order valence-corrected chi connectivity index (χ3v) is 3.62. The summed E-state index contributed by atoms with van der Waals surface area (Å²) in [5.41, 5.74) is 1.55. The molecule has 0 unspecified atom stereocenters. The fourth-order valence-electron chi connectivity index (χ4n) is 2.28. The molecule has 0 aliphatic rings. The van der Waals surface area contributed by atoms with E-state index in [0.717, 1.165) is 0 Å². The topological polar surface area (TPSA) is 83.1 Å². The second-order valence-corrected chi connectivity index (χ2v) is 5.41. The highest BCUT2D eigenvalue weighted by molar-refractivity contribution is 5.96. The van der Waals surface area contributed by atoms with Crippen LogP contribution in [-0.4, -0.2) is 39.8 Å². The smallest absolute Gasteiger partial charge is 0.338 e. The molecule has 0 atom stereocenters. The van der Waals surface area contributed by atoms with Crippen LogP contribution in [0.25, 0.3) is 0 Å². The number of amides is 1. The van der Waals surface area contributed by atoms with Crippen molar-refractivity contribution in [3.63, 3.8) is 0 Å². The largest absolute Gasteiger partial charge is 0.497 e. The van der Waals surface area contributed by atoms with Crippen LogP contribution in [-0.2, 0) is 9.53 Å². The maximum Gasteiger partial charge on any atom is 0.338 e. The number of hydrogen-bond donors (Lipinski definition) is 1. The Kier molecular flexibility index (Phi) is 6.43. The van der Waals surface area contributed by atoms with Crippen LogP contribution in [0.1, 0.15) is 15.9 Å². The summed E-state index contributed by atoms with van der Waals surface area (Å²) in [5, 5.41) is 2.63. The maximum absolute atomic E-state index is 12.1. The van der Waals surface area contributed by atoms with Crippen molar-refractivity contribution < 1.29 is 28.5 Å². The molecule has 0 aliphatic carbocycles. The number of methoxy groups -OCH3 is 3. The molecule has 0 saturated carbocycles. The Morgan fingerprint density at radius 1 is 0.885 bits per heavy atom. The van der Waals surface area contributed by atoms with E-state index < -0.39 is 18.5 Å². The molecule has 2 aromatic rings. The molecule has 26 heavy (non-hydrogen) atoms. The van der Waals surface area contributed by atoms with Crippen molar-refractivity contribution in [3.05, 3.63) is 47.5 Å². The lowest BCUT2D eigenvalue weighted by atomic mass is 10.1. The zero-order valence-corrected chi connectivity index (χ0v) is 15.1. The van der Waals surface area contributed by atoms with Crippen LogP contribution in [0.4, 0.5) is 5.69 Å². The Labute approximate surface area is 151 Å². The first-order valence-corrected chi connectivity index (χ1v) is 7.81. The summed E-state index contributed by atoms with van der Waals surface area (Å²) in [5.74, 6) is 0.656. The number of esters is 1. The molecule has 0 aromatic heterocycles. The SMILES string of the molecule is COc1cc(NC(=O)COC(=O)c2ccc(OC)cc2C)cc(OC)c1. The number of rotatable bonds is 7. The van der Waals surface area contributed by atoms with Crippen molar-refractivity contribution in [2.75, 3.05) is 33.3 Å². The number of nitrogens with one attached hydrogen (secondary N) is 1. The normalized spacial score (nSPS) is 10.0. The van der Waals surface area contributed by atoms with Crippen LogP contribution in [0.5, 0.6) is 17.2 Å². The highest BCUT2D eigenvalue weighted by Gasteiger charge is 2.14. The molecule has 2 aromatic carbocycles. The standard InChI is InChI=1S/C19H21NO6/c1-12-7-14(23-2)5-6-17(12)19(22)26-11-18(21)20-13-8-15(24-3)10-16(9-13)25-4/h5-10H,11H2,1-4H3,(H,20,21). The van der Waals surface area contributed by atoms with Gasteiger partial charge in [0.05, 0.1) is 26.9 Å². The fraction of sp³-hybridized carbons (Fsp3) is 0.263. The predicted molar refractivity (Wildman–Crippen MR) is 96.2 cm³/mol. The first-order chi connectivity index (χ1) is 12.5. The van der Waals surface area contributed by atoms with Gasteiger partial charge in [-0.1, -0.05) is 0 Å². The van der Waals surface area contributed by atoms with Gasteiger partial charge in [-0.05, 0) is 30.7 Å². The second kappa shape index (κ2) is 8.75. The zero-order valence-electron chi connectivity index (χ0n) is 15.1. The van der Waals surface area contributed by atoms with E-state index in [9.17, 15) is 9.59 Å². The van der Waals surface area contributed by atoms with E-state index in [4.69, 9.17) is 18.9 Å². The lowest BCUT2D eigenvalue weighted by molar-refractivity contribution is -0.119. The number of carbonyl (C=O) groups is 2. The molecule has 0 saturated heterocycles. The van der Waals surface area contributed by atoms with Gasteiger partial charge in [0.2, 0.25) is 0 Å². The van der Waals surface area contributed by atoms with Crippen LogP contribution in [0.3, 0.4) is 0 Å². The number of aryl methyl sites for hydroxylation is 1. The first-order valence-electron chi connectivity index (χ1n) is 7.81. The Balaban J connectivity index is 1.97. The van der Waals surface area contributed by atoms with E-state index >= 15 is 0 Å². The molecule has 0 spiro atoms. The minimum absolute atomic E-state index is 0.377. The van der Waals surface area contributed by atoms with Crippen LogP contribution in [0.15, 0.2) is 36.4 Å². The monoisotopic (exact) mass is 359 g/mol. The summed E-state index contributed by atoms with van der Waals surface area (Å²) < 4.78 is 20.5. The fourth-order valence-corrected chi connectivity index (χ4v) is 2.28. The molecule has 2 rings (SSSR count). The summed E-state index contributed by atoms with van der Waals surface area (Å²) in [6.45, 7) is 1.35. The first kappa shape index (κ1) is 19.1. The lowest BCUT2D eigenvalue weighted by Gasteiger charge is -2.11. The van der Waals surface area contributed by atoms with Crippen LogP contribution in [0, 0.1) is 6.92 Å². The van der Waals surface area contributed by atoms with Crippen molar-refractivity contribution in [1.82, 2.24) is 0 Å². The van der Waals surface area contributed by atoms with Gasteiger partial charge in [-0.3, -0.25) is 4.79 Å². The Morgan fingerprint density at radius 2 is 1.50 bits per heavy atom. The van der Waals surface area contributed by atoms with Crippen molar-refractivity contribution in [1.29, 1.82) is 0 Å². The lowest BCUT2D eigenvalue weighted by Crippen LogP contribution is -2.21. The number of anilines is 1. The average Bonchev–Trinajstić information content (AvgIpc) is 2.65. The highest BCUT2D eigenvalue weighted by Crippen LogP contribution is 2.25. The van der Waals surface area contributed by atoms with Gasteiger partial charge in [0.25, 0.3) is 5.91 Å². The molecular weight excluding hydrogens is 338 g/mol. The Hall–Kier alpha value is -3.22. The Bertz CT molecular complexity index is 780. The van der Waals surface area contributed by atoms with Gasteiger partial charge >= 0.3 is 5.97 Å². The van der Waals surface area contributed by atoms with Gasteiger partial charge in [-0.2, -0.15) is 0 Å². The quantitative estimate of drug-likeness (QED) is 0.766. The number of hydrogen-bond acceptors (Lipinski definition) is 6. The minimum Gasteiger partial charge on any atom is -0.497 e. The second-order valence-electron chi connectivity index (χ2n) is 5.41. The summed E-state index contributed by atoms with van der Waals surface area (Å²) >= 11 is 0. The van der Waals surface area contributed by atoms with Gasteiger partial charge in [-0.25, -0.2) is 4.79 Å². The summed E-state index contributed by atoms with van der Waals surface area (Å²) in [4.78, 5) is 24.2. The molecule has 7 heteroatoms. The summed E-state index contributed by atoms with van der Waals surface area (Å²) in [7, 11) is 4.57. The molecular formula is C19H21NO6. The average molecular weight is 359 g/mol. The maximum atomic E-state index is 12.1. The molecule has 0 fully saturated rings. The van der Waals surface area contributed by atoms with E-state index in [1.165, 1.54) is 14.2 Å². The molecule has 7 nitrogen and oxygen atoms in total. The van der Waals surface area contributed by atoms with Crippen LogP contribution < -0.4 is 19.5 Å². The predicted octanol–water partition coefficient (Wildman–Crippen LogP) is 2.82. The van der Waals surface area contributed by atoms with Crippen molar-refractivity contribution in [3.8, 4) is 17.2 Å². The number of carbonyl (C=O) groups excluding carboxylic acids is 2. The molecule has 0 bridgehead atoms. The van der Waals surface area contributed by atoms with Gasteiger partial charge in [-0.15, -0.1) is 0 Å². The zero-order chi connectivity index (χ0) is 19.1. The van der Waals surface area contributed by atoms with E-state index in [0.29, 0.717) is 34.1 Å². The van der Waals surface area contributed by atoms with Crippen molar-refractivity contribution in [2.45, 2.75) is 6.92 Å². The van der Waals surface area contributed by atoms with Crippen molar-refractivity contribution in [2.24, 2.45) is 0 Å². The summed E-state index contributed by atoms with van der Waals surface area (Å²) in [6, 6.07) is 9.93. The molecule has 0 radical (unpaired) electrons. The summed E-state index contributed by atoms with van der Waals surface area (Å²) in [6.07, 6.45) is 0. The van der Waals surface area contributed by atoms with Gasteiger partial charge < -0.3 is 24.3 Å². The highest BCUT2D eigenvalue weighted by atomic mass is 16.5. The Morgan fingerprint density at radius 3 is 2.04 bits per heavy atom. The number of ether oxygens (including phenoxy) is 4. The van der Waals surface area contributed by atoms with Gasteiger partial charge in [0, 0.05) is 23.9 Å². The van der Waals surface area contributed by atoms with E-state index in [-0.39, 0.29) is 0 Å². The van der Waals surface area contributed by atoms with Gasteiger partial charge in [0.15, 0.2) is 6.61 Å². The van der Waals surface area contributed by atoms with Crippen LogP contribution in [0.2, 0.25) is 0 Å². The molecule has 138 valence electrons. The van der Waals surface area contributed by atoms with Crippen molar-refractivity contribution >= 4 is 17.6 Å². The molecule has 0 aliphatic heterocycles. The molecule has 1 amide bonds. The van der Waals surface area contributed by atoms with E-state index in [1.54, 1.807) is 50.4 Å². The van der Waals surface area contributed by atoms with Crippen LogP contribution >= 0.6 is 0 Å². The van der Waals surface area contributed by atoms with E-state index in [1.807, 2.05) is 0 Å². The molecule has 0 heterocycles. The third kappa shape index (κ3) is 4.89. The third-order valence-electron chi connectivity index (χ3n) is 3.62. The van der Waals surface area contributed by atoms with Gasteiger partial charge in [0.1, 0.15) is 17.2 Å². The minimum atomic E-state index is -0.580. The number of benzene rings is 2. The van der Waals surface area contributed by atoms with E-state index in [2.05, 4.69) is 5.32 Å². The molecule has 1 N–H and O–H groups in total.